The number of aliphatic hydroxyl groups is 1. The average Bonchev–Trinajstić information content (AvgIpc) is 2.96. The molecular weight excluding hydrogens is 318 g/mol. The summed E-state index contributed by atoms with van der Waals surface area (Å²) < 4.78 is 5.75. The molecule has 138 valence electrons. The van der Waals surface area contributed by atoms with Crippen LogP contribution in [-0.2, 0) is 16.0 Å². The number of carbonyl (C=O) groups excluding carboxylic acids is 1. The molecule has 3 atom stereocenters. The molecule has 2 fully saturated rings. The van der Waals surface area contributed by atoms with E-state index in [-0.39, 0.29) is 18.1 Å². The van der Waals surface area contributed by atoms with Gasteiger partial charge in [0.15, 0.2) is 0 Å². The minimum atomic E-state index is -0.639. The second kappa shape index (κ2) is 8.76. The lowest BCUT2D eigenvalue weighted by atomic mass is 10.1. The fourth-order valence-corrected chi connectivity index (χ4v) is 3.44. The van der Waals surface area contributed by atoms with Crippen LogP contribution < -0.4 is 5.32 Å². The number of nitrogens with one attached hydrogen (secondary N) is 1. The predicted octanol–water partition coefficient (Wildman–Crippen LogP) is 0.111. The molecule has 0 aliphatic carbocycles. The van der Waals surface area contributed by atoms with E-state index in [4.69, 9.17) is 4.74 Å². The van der Waals surface area contributed by atoms with E-state index in [1.807, 2.05) is 30.3 Å². The quantitative estimate of drug-likeness (QED) is 0.765. The van der Waals surface area contributed by atoms with E-state index < -0.39 is 6.10 Å². The number of aryl methyl sites for hydroxylation is 1. The fourth-order valence-electron chi connectivity index (χ4n) is 3.44. The first-order valence-corrected chi connectivity index (χ1v) is 9.15. The van der Waals surface area contributed by atoms with Gasteiger partial charge in [0.05, 0.1) is 18.8 Å². The van der Waals surface area contributed by atoms with Crippen molar-refractivity contribution < 1.29 is 14.6 Å². The Bertz CT molecular complexity index is 546. The van der Waals surface area contributed by atoms with Gasteiger partial charge in [-0.3, -0.25) is 9.69 Å². The van der Waals surface area contributed by atoms with Crippen LogP contribution in [0.1, 0.15) is 12.0 Å². The van der Waals surface area contributed by atoms with E-state index in [0.29, 0.717) is 19.4 Å². The maximum absolute atomic E-state index is 12.2. The molecule has 3 unspecified atom stereocenters. The van der Waals surface area contributed by atoms with Crippen LogP contribution >= 0.6 is 0 Å². The molecule has 2 aliphatic heterocycles. The highest BCUT2D eigenvalue weighted by molar-refractivity contribution is 5.76. The predicted molar refractivity (Wildman–Crippen MR) is 96.4 cm³/mol. The summed E-state index contributed by atoms with van der Waals surface area (Å²) in [6.45, 7) is 5.20. The summed E-state index contributed by atoms with van der Waals surface area (Å²) in [5, 5.41) is 13.4. The standard InChI is InChI=1S/C19H29N3O3/c1-21-9-11-22(12-10-21)13-17-19(24)16(14-25-17)20-18(23)8-7-15-5-3-2-4-6-15/h2-6,16-17,19,24H,7-14H2,1H3,(H,20,23). The molecule has 2 saturated heterocycles. The van der Waals surface area contributed by atoms with E-state index >= 15 is 0 Å². The number of piperazine rings is 1. The van der Waals surface area contributed by atoms with E-state index in [0.717, 1.165) is 38.3 Å². The Morgan fingerprint density at radius 1 is 1.24 bits per heavy atom. The summed E-state index contributed by atoms with van der Waals surface area (Å²) >= 11 is 0. The fraction of sp³-hybridized carbons (Fsp3) is 0.632. The second-order valence-electron chi connectivity index (χ2n) is 7.13. The van der Waals surface area contributed by atoms with Crippen LogP contribution in [-0.4, -0.2) is 85.4 Å². The number of amides is 1. The summed E-state index contributed by atoms with van der Waals surface area (Å²) in [6, 6.07) is 9.66. The second-order valence-corrected chi connectivity index (χ2v) is 7.13. The Morgan fingerprint density at radius 3 is 2.68 bits per heavy atom. The van der Waals surface area contributed by atoms with Crippen LogP contribution in [0.2, 0.25) is 0 Å². The van der Waals surface area contributed by atoms with Crippen LogP contribution in [0.5, 0.6) is 0 Å². The van der Waals surface area contributed by atoms with Crippen molar-refractivity contribution in [2.45, 2.75) is 31.1 Å². The molecule has 25 heavy (non-hydrogen) atoms. The summed E-state index contributed by atoms with van der Waals surface area (Å²) in [7, 11) is 2.12. The molecule has 0 radical (unpaired) electrons. The molecule has 1 aromatic carbocycles. The highest BCUT2D eigenvalue weighted by atomic mass is 16.5. The van der Waals surface area contributed by atoms with Crippen LogP contribution in [0.15, 0.2) is 30.3 Å². The molecule has 1 aromatic rings. The lowest BCUT2D eigenvalue weighted by molar-refractivity contribution is -0.122. The van der Waals surface area contributed by atoms with Gasteiger partial charge in [-0.2, -0.15) is 0 Å². The first-order valence-electron chi connectivity index (χ1n) is 9.15. The maximum atomic E-state index is 12.2. The smallest absolute Gasteiger partial charge is 0.220 e. The van der Waals surface area contributed by atoms with E-state index in [1.165, 1.54) is 0 Å². The van der Waals surface area contributed by atoms with Crippen LogP contribution in [0.4, 0.5) is 0 Å². The molecule has 0 saturated carbocycles. The van der Waals surface area contributed by atoms with Gasteiger partial charge in [0.1, 0.15) is 6.10 Å². The van der Waals surface area contributed by atoms with Crippen molar-refractivity contribution in [3.8, 4) is 0 Å². The van der Waals surface area contributed by atoms with Gasteiger partial charge >= 0.3 is 0 Å². The third kappa shape index (κ3) is 5.25. The molecule has 2 aliphatic rings. The molecule has 2 N–H and O–H groups in total. The van der Waals surface area contributed by atoms with Crippen molar-refractivity contribution in [1.29, 1.82) is 0 Å². The van der Waals surface area contributed by atoms with Crippen LogP contribution in [0.25, 0.3) is 0 Å². The third-order valence-electron chi connectivity index (χ3n) is 5.15. The zero-order valence-electron chi connectivity index (χ0n) is 14.9. The summed E-state index contributed by atoms with van der Waals surface area (Å²) in [5.41, 5.74) is 1.15. The molecule has 0 bridgehead atoms. The molecular formula is C19H29N3O3. The lowest BCUT2D eigenvalue weighted by Gasteiger charge is -2.34. The van der Waals surface area contributed by atoms with Gasteiger partial charge in [-0.1, -0.05) is 30.3 Å². The summed E-state index contributed by atoms with van der Waals surface area (Å²) in [4.78, 5) is 16.8. The largest absolute Gasteiger partial charge is 0.388 e. The highest BCUT2D eigenvalue weighted by Gasteiger charge is 2.37. The van der Waals surface area contributed by atoms with E-state index in [2.05, 4.69) is 22.2 Å². The van der Waals surface area contributed by atoms with Gasteiger partial charge in [-0.15, -0.1) is 0 Å². The molecule has 2 heterocycles. The number of ether oxygens (including phenoxy) is 1. The first kappa shape index (κ1) is 18.3. The minimum Gasteiger partial charge on any atom is -0.388 e. The van der Waals surface area contributed by atoms with Gasteiger partial charge in [-0.05, 0) is 19.0 Å². The summed E-state index contributed by atoms with van der Waals surface area (Å²) in [5.74, 6) is -0.0308. The van der Waals surface area contributed by atoms with Gasteiger partial charge in [0.25, 0.3) is 0 Å². The number of nitrogens with zero attached hydrogens (tertiary/aromatic N) is 2. The third-order valence-corrected chi connectivity index (χ3v) is 5.15. The normalized spacial score (nSPS) is 28.2. The van der Waals surface area contributed by atoms with Gasteiger partial charge in [0, 0.05) is 39.1 Å². The maximum Gasteiger partial charge on any atom is 0.220 e. The molecule has 6 heteroatoms. The van der Waals surface area contributed by atoms with E-state index in [9.17, 15) is 9.90 Å². The zero-order chi connectivity index (χ0) is 17.6. The number of rotatable bonds is 6. The van der Waals surface area contributed by atoms with E-state index in [1.54, 1.807) is 0 Å². The number of hydrogen-bond acceptors (Lipinski definition) is 5. The Hall–Kier alpha value is -1.47. The van der Waals surface area contributed by atoms with Crippen LogP contribution in [0, 0.1) is 0 Å². The first-order chi connectivity index (χ1) is 12.1. The van der Waals surface area contributed by atoms with Crippen molar-refractivity contribution >= 4 is 5.91 Å². The van der Waals surface area contributed by atoms with Crippen molar-refractivity contribution in [2.75, 3.05) is 46.4 Å². The zero-order valence-corrected chi connectivity index (χ0v) is 14.9. The Kier molecular flexibility index (Phi) is 6.42. The van der Waals surface area contributed by atoms with Crippen molar-refractivity contribution in [2.24, 2.45) is 0 Å². The monoisotopic (exact) mass is 347 g/mol. The average molecular weight is 347 g/mol. The van der Waals surface area contributed by atoms with Crippen molar-refractivity contribution in [3.63, 3.8) is 0 Å². The number of likely N-dealkylation sites (N-methyl/N-ethyl adjacent to an activating group) is 1. The summed E-state index contributed by atoms with van der Waals surface area (Å²) in [6.07, 6.45) is 0.278. The number of hydrogen-bond donors (Lipinski definition) is 2. The van der Waals surface area contributed by atoms with Gasteiger partial charge in [0.2, 0.25) is 5.91 Å². The Morgan fingerprint density at radius 2 is 1.96 bits per heavy atom. The Balaban J connectivity index is 1.40. The molecule has 6 nitrogen and oxygen atoms in total. The molecule has 1 amide bonds. The number of carbonyl (C=O) groups is 1. The van der Waals surface area contributed by atoms with Crippen molar-refractivity contribution in [3.05, 3.63) is 35.9 Å². The van der Waals surface area contributed by atoms with Gasteiger partial charge in [-0.25, -0.2) is 0 Å². The Labute approximate surface area is 149 Å². The van der Waals surface area contributed by atoms with Gasteiger partial charge < -0.3 is 20.1 Å². The van der Waals surface area contributed by atoms with Crippen molar-refractivity contribution in [1.82, 2.24) is 15.1 Å². The van der Waals surface area contributed by atoms with Crippen LogP contribution in [0.3, 0.4) is 0 Å². The molecule has 0 aromatic heterocycles. The lowest BCUT2D eigenvalue weighted by Crippen LogP contribution is -2.50. The molecule has 0 spiro atoms. The number of aliphatic hydroxyl groups excluding tert-OH is 1. The minimum absolute atomic E-state index is 0.0308. The topological polar surface area (TPSA) is 65.0 Å². The SMILES string of the molecule is CN1CCN(CC2OCC(NC(=O)CCc3ccccc3)C2O)CC1. The number of benzene rings is 1. The highest BCUT2D eigenvalue weighted by Crippen LogP contribution is 2.17. The molecule has 3 rings (SSSR count).